The number of phosphoric acid groups is 1. The summed E-state index contributed by atoms with van der Waals surface area (Å²) in [4.78, 5) is 42.7. The second-order valence-corrected chi connectivity index (χ2v) is 7.32. The van der Waals surface area contributed by atoms with Gasteiger partial charge in [-0.25, -0.2) is 9.36 Å². The molecule has 0 saturated carbocycles. The highest BCUT2D eigenvalue weighted by atomic mass is 127. The highest BCUT2D eigenvalue weighted by Gasteiger charge is 2.56. The monoisotopic (exact) mass is 480 g/mol. The SMILES string of the molecule is O=c1cc(I)n([C@]2(CO)O[C@H](COP(=O)(O)O)[C@H](O)C2O)c(=O)[nH]1. The number of halogens is 1. The first-order valence-corrected chi connectivity index (χ1v) is 9.00. The van der Waals surface area contributed by atoms with Gasteiger partial charge in [-0.1, -0.05) is 0 Å². The van der Waals surface area contributed by atoms with Crippen LogP contribution in [0.1, 0.15) is 0 Å². The van der Waals surface area contributed by atoms with Gasteiger partial charge in [0.05, 0.1) is 16.9 Å². The van der Waals surface area contributed by atoms with Crippen LogP contribution < -0.4 is 11.2 Å². The van der Waals surface area contributed by atoms with Gasteiger partial charge in [0.1, 0.15) is 18.3 Å². The Morgan fingerprint density at radius 2 is 2.04 bits per heavy atom. The average molecular weight is 480 g/mol. The number of aromatic nitrogens is 2. The van der Waals surface area contributed by atoms with E-state index < -0.39 is 56.3 Å². The molecule has 136 valence electrons. The van der Waals surface area contributed by atoms with E-state index in [1.807, 2.05) is 4.98 Å². The third kappa shape index (κ3) is 3.63. The molecule has 0 spiro atoms. The van der Waals surface area contributed by atoms with Crippen LogP contribution in [0.4, 0.5) is 0 Å². The summed E-state index contributed by atoms with van der Waals surface area (Å²) in [6, 6.07) is 1.00. The molecule has 4 atom stereocenters. The molecular formula is C10H14IN2O10P. The van der Waals surface area contributed by atoms with E-state index in [4.69, 9.17) is 14.5 Å². The van der Waals surface area contributed by atoms with E-state index in [2.05, 4.69) is 4.52 Å². The minimum atomic E-state index is -4.87. The lowest BCUT2D eigenvalue weighted by molar-refractivity contribution is -0.174. The van der Waals surface area contributed by atoms with Crippen LogP contribution in [0.2, 0.25) is 0 Å². The summed E-state index contributed by atoms with van der Waals surface area (Å²) in [6.45, 7) is -1.78. The molecule has 2 rings (SSSR count). The van der Waals surface area contributed by atoms with Crippen molar-refractivity contribution < 1.29 is 38.9 Å². The van der Waals surface area contributed by atoms with Gasteiger partial charge in [-0.3, -0.25) is 18.9 Å². The van der Waals surface area contributed by atoms with Gasteiger partial charge < -0.3 is 29.8 Å². The lowest BCUT2D eigenvalue weighted by Gasteiger charge is -2.32. The molecule has 6 N–H and O–H groups in total. The summed E-state index contributed by atoms with van der Waals surface area (Å²) in [5, 5.41) is 29.9. The van der Waals surface area contributed by atoms with Crippen molar-refractivity contribution in [1.29, 1.82) is 0 Å². The Bertz CT molecular complexity index is 774. The number of ether oxygens (including phenoxy) is 1. The van der Waals surface area contributed by atoms with Crippen LogP contribution in [0.3, 0.4) is 0 Å². The zero-order chi connectivity index (χ0) is 18.3. The summed E-state index contributed by atoms with van der Waals surface area (Å²) >= 11 is 1.60. The Kier molecular flexibility index (Phi) is 5.69. The molecule has 0 aromatic carbocycles. The fourth-order valence-electron chi connectivity index (χ4n) is 2.38. The number of phosphoric ester groups is 1. The minimum absolute atomic E-state index is 0.00166. The van der Waals surface area contributed by atoms with E-state index in [0.717, 1.165) is 10.6 Å². The van der Waals surface area contributed by atoms with Gasteiger partial charge in [0.15, 0.2) is 0 Å². The van der Waals surface area contributed by atoms with Crippen molar-refractivity contribution in [2.45, 2.75) is 24.0 Å². The van der Waals surface area contributed by atoms with Gasteiger partial charge in [-0.2, -0.15) is 0 Å². The summed E-state index contributed by atoms with van der Waals surface area (Å²) in [5.41, 5.74) is -3.90. The Labute approximate surface area is 147 Å². The number of nitrogens with one attached hydrogen (secondary N) is 1. The van der Waals surface area contributed by atoms with Crippen LogP contribution in [0.15, 0.2) is 15.7 Å². The van der Waals surface area contributed by atoms with Gasteiger partial charge in [0.2, 0.25) is 5.72 Å². The van der Waals surface area contributed by atoms with Crippen LogP contribution in [-0.4, -0.2) is 66.2 Å². The smallest absolute Gasteiger partial charge is 0.391 e. The first kappa shape index (κ1) is 19.7. The van der Waals surface area contributed by atoms with Crippen molar-refractivity contribution in [2.24, 2.45) is 0 Å². The first-order valence-electron chi connectivity index (χ1n) is 6.39. The third-order valence-electron chi connectivity index (χ3n) is 3.43. The number of hydrogen-bond donors (Lipinski definition) is 6. The molecule has 1 fully saturated rings. The van der Waals surface area contributed by atoms with Crippen molar-refractivity contribution >= 4 is 30.4 Å². The highest BCUT2D eigenvalue weighted by Crippen LogP contribution is 2.40. The maximum atomic E-state index is 12.1. The summed E-state index contributed by atoms with van der Waals surface area (Å²) in [7, 11) is -4.87. The van der Waals surface area contributed by atoms with Gasteiger partial charge in [0.25, 0.3) is 5.56 Å². The molecule has 0 amide bonds. The van der Waals surface area contributed by atoms with Gasteiger partial charge in [-0.15, -0.1) is 0 Å². The molecule has 1 saturated heterocycles. The molecule has 1 aromatic heterocycles. The standard InChI is InChI=1S/C10H14IN2O10P/c11-5-1-6(15)12-9(18)13(5)10(3-14)8(17)7(16)4(23-10)2-22-24(19,20)21/h1,4,7-8,14,16-17H,2-3H2,(H,12,15,18)(H2,19,20,21)/t4-,7+,8?,10-/m1/s1. The van der Waals surface area contributed by atoms with Crippen LogP contribution in [-0.2, 0) is 19.6 Å². The Morgan fingerprint density at radius 3 is 2.54 bits per heavy atom. The Balaban J connectivity index is 2.45. The van der Waals surface area contributed by atoms with E-state index in [1.165, 1.54) is 0 Å². The van der Waals surface area contributed by atoms with Crippen LogP contribution in [0.25, 0.3) is 0 Å². The third-order valence-corrected chi connectivity index (χ3v) is 4.71. The Hall–Kier alpha value is -0.640. The molecule has 0 radical (unpaired) electrons. The van der Waals surface area contributed by atoms with E-state index in [1.54, 1.807) is 22.6 Å². The van der Waals surface area contributed by atoms with Crippen molar-refractivity contribution in [2.75, 3.05) is 13.2 Å². The second-order valence-electron chi connectivity index (χ2n) is 4.98. The average Bonchev–Trinajstić information content (AvgIpc) is 2.69. The van der Waals surface area contributed by atoms with E-state index in [-0.39, 0.29) is 3.70 Å². The molecule has 1 unspecified atom stereocenters. The van der Waals surface area contributed by atoms with Crippen LogP contribution in [0.5, 0.6) is 0 Å². The summed E-state index contributed by atoms with van der Waals surface area (Å²) < 4.78 is 21.0. The number of H-pyrrole nitrogens is 1. The van der Waals surface area contributed by atoms with E-state index in [0.29, 0.717) is 0 Å². The van der Waals surface area contributed by atoms with E-state index >= 15 is 0 Å². The molecule has 1 aliphatic rings. The fourth-order valence-corrected chi connectivity index (χ4v) is 3.63. The summed E-state index contributed by atoms with van der Waals surface area (Å²) in [5.74, 6) is 0. The van der Waals surface area contributed by atoms with Gasteiger partial charge in [-0.05, 0) is 22.6 Å². The van der Waals surface area contributed by atoms with Crippen LogP contribution >= 0.6 is 30.4 Å². The number of aliphatic hydroxyl groups excluding tert-OH is 3. The van der Waals surface area contributed by atoms with Crippen LogP contribution in [0, 0.1) is 3.70 Å². The normalized spacial score (nSPS) is 30.7. The molecule has 14 heteroatoms. The predicted octanol–water partition coefficient (Wildman–Crippen LogP) is -2.98. The fraction of sp³-hybridized carbons (Fsp3) is 0.600. The van der Waals surface area contributed by atoms with Gasteiger partial charge in [0, 0.05) is 6.07 Å². The molecule has 24 heavy (non-hydrogen) atoms. The number of nitrogens with zero attached hydrogens (tertiary/aromatic N) is 1. The molecule has 1 aromatic rings. The number of rotatable bonds is 5. The van der Waals surface area contributed by atoms with Crippen molar-refractivity contribution in [3.05, 3.63) is 30.6 Å². The molecule has 2 heterocycles. The number of aliphatic hydroxyl groups is 3. The lowest BCUT2D eigenvalue weighted by atomic mass is 10.0. The molecule has 0 bridgehead atoms. The van der Waals surface area contributed by atoms with Crippen molar-refractivity contribution in [3.63, 3.8) is 0 Å². The second kappa shape index (κ2) is 6.93. The molecule has 1 aliphatic heterocycles. The van der Waals surface area contributed by atoms with E-state index in [9.17, 15) is 29.5 Å². The van der Waals surface area contributed by atoms with Crippen molar-refractivity contribution in [1.82, 2.24) is 9.55 Å². The maximum absolute atomic E-state index is 12.1. The zero-order valence-electron chi connectivity index (χ0n) is 11.8. The molecular weight excluding hydrogens is 466 g/mol. The van der Waals surface area contributed by atoms with Crippen molar-refractivity contribution in [3.8, 4) is 0 Å². The lowest BCUT2D eigenvalue weighted by Crippen LogP contribution is -2.55. The Morgan fingerprint density at radius 1 is 1.42 bits per heavy atom. The zero-order valence-corrected chi connectivity index (χ0v) is 14.8. The highest BCUT2D eigenvalue weighted by molar-refractivity contribution is 14.1. The first-order chi connectivity index (χ1) is 11.0. The largest absolute Gasteiger partial charge is 0.469 e. The quantitative estimate of drug-likeness (QED) is 0.144. The minimum Gasteiger partial charge on any atom is -0.391 e. The maximum Gasteiger partial charge on any atom is 0.469 e. The molecule has 0 aliphatic carbocycles. The molecule has 12 nitrogen and oxygen atoms in total. The topological polar surface area (TPSA) is 192 Å². The predicted molar refractivity (Wildman–Crippen MR) is 84.0 cm³/mol. The number of aromatic amines is 1. The number of hydrogen-bond acceptors (Lipinski definition) is 8. The van der Waals surface area contributed by atoms with Gasteiger partial charge >= 0.3 is 13.5 Å². The summed E-state index contributed by atoms with van der Waals surface area (Å²) in [6.07, 6.45) is -5.02.